The van der Waals surface area contributed by atoms with Crippen LogP contribution in [0.3, 0.4) is 0 Å². The number of halogens is 2. The van der Waals surface area contributed by atoms with Crippen molar-refractivity contribution in [1.82, 2.24) is 4.90 Å². The maximum absolute atomic E-state index is 12.6. The molecule has 30 heavy (non-hydrogen) atoms. The maximum Gasteiger partial charge on any atom is 0.387 e. The summed E-state index contributed by atoms with van der Waals surface area (Å²) < 4.78 is 28.8. The fourth-order valence-electron chi connectivity index (χ4n) is 3.47. The number of hydrogen-bond donors (Lipinski definition) is 2. The molecule has 3 rings (SSSR count). The third-order valence-electron chi connectivity index (χ3n) is 5.14. The van der Waals surface area contributed by atoms with Gasteiger partial charge in [0.15, 0.2) is 0 Å². The minimum absolute atomic E-state index is 0.0272. The van der Waals surface area contributed by atoms with Gasteiger partial charge < -0.3 is 15.4 Å². The van der Waals surface area contributed by atoms with Crippen LogP contribution in [0.1, 0.15) is 19.8 Å². The topological polar surface area (TPSA) is 70.7 Å². The number of nitrogens with one attached hydrogen (secondary N) is 2. The Hall–Kier alpha value is -3.00. The van der Waals surface area contributed by atoms with E-state index in [9.17, 15) is 18.4 Å². The van der Waals surface area contributed by atoms with Crippen LogP contribution in [-0.4, -0.2) is 42.5 Å². The first-order chi connectivity index (χ1) is 14.4. The van der Waals surface area contributed by atoms with Gasteiger partial charge in [-0.25, -0.2) is 0 Å². The number of alkyl halides is 2. The van der Waals surface area contributed by atoms with Crippen LogP contribution >= 0.6 is 0 Å². The van der Waals surface area contributed by atoms with Crippen molar-refractivity contribution < 1.29 is 23.1 Å². The Kier molecular flexibility index (Phi) is 7.35. The summed E-state index contributed by atoms with van der Waals surface area (Å²) in [7, 11) is 0. The summed E-state index contributed by atoms with van der Waals surface area (Å²) in [6, 6.07) is 14.6. The maximum atomic E-state index is 12.6. The van der Waals surface area contributed by atoms with Crippen LogP contribution in [0.15, 0.2) is 54.6 Å². The normalized spacial score (nSPS) is 17.9. The van der Waals surface area contributed by atoms with Gasteiger partial charge in [-0.2, -0.15) is 8.78 Å². The Morgan fingerprint density at radius 3 is 2.37 bits per heavy atom. The molecule has 0 aromatic heterocycles. The number of piperidine rings is 1. The van der Waals surface area contributed by atoms with E-state index in [-0.39, 0.29) is 23.5 Å². The summed E-state index contributed by atoms with van der Waals surface area (Å²) >= 11 is 0. The fourth-order valence-corrected chi connectivity index (χ4v) is 3.47. The van der Waals surface area contributed by atoms with Crippen molar-refractivity contribution in [2.24, 2.45) is 5.92 Å². The van der Waals surface area contributed by atoms with Crippen LogP contribution in [-0.2, 0) is 9.59 Å². The zero-order valence-corrected chi connectivity index (χ0v) is 16.7. The summed E-state index contributed by atoms with van der Waals surface area (Å²) in [4.78, 5) is 27.2. The number of ether oxygens (including phenoxy) is 1. The van der Waals surface area contributed by atoms with E-state index < -0.39 is 12.7 Å². The Morgan fingerprint density at radius 2 is 1.70 bits per heavy atom. The molecule has 0 radical (unpaired) electrons. The minimum Gasteiger partial charge on any atom is -0.435 e. The molecule has 2 aromatic carbocycles. The van der Waals surface area contributed by atoms with E-state index in [0.717, 1.165) is 25.1 Å². The summed E-state index contributed by atoms with van der Waals surface area (Å²) in [6.45, 7) is 0.122. The Morgan fingerprint density at radius 1 is 1.03 bits per heavy atom. The zero-order valence-electron chi connectivity index (χ0n) is 16.7. The second kappa shape index (κ2) is 10.2. The van der Waals surface area contributed by atoms with Crippen LogP contribution in [0.2, 0.25) is 0 Å². The molecule has 160 valence electrons. The number of likely N-dealkylation sites (tertiary alicyclic amines) is 1. The molecule has 2 atom stereocenters. The first-order valence-corrected chi connectivity index (χ1v) is 9.88. The minimum atomic E-state index is -2.89. The van der Waals surface area contributed by atoms with Crippen molar-refractivity contribution in [3.8, 4) is 5.75 Å². The second-order valence-corrected chi connectivity index (χ2v) is 7.26. The van der Waals surface area contributed by atoms with Gasteiger partial charge in [0.25, 0.3) is 0 Å². The molecule has 8 heteroatoms. The average molecular weight is 417 g/mol. The molecule has 0 aliphatic carbocycles. The molecule has 1 fully saturated rings. The van der Waals surface area contributed by atoms with E-state index in [1.165, 1.54) is 24.3 Å². The number of carbonyl (C=O) groups excluding carboxylic acids is 2. The number of rotatable bonds is 7. The van der Waals surface area contributed by atoms with Gasteiger partial charge in [-0.15, -0.1) is 0 Å². The lowest BCUT2D eigenvalue weighted by molar-refractivity contribution is -0.125. The average Bonchev–Trinajstić information content (AvgIpc) is 2.75. The smallest absolute Gasteiger partial charge is 0.387 e. The van der Waals surface area contributed by atoms with E-state index in [2.05, 4.69) is 15.4 Å². The standard InChI is InChI=1S/C22H25F2N3O3/c1-15(20(28)25-18-9-11-19(12-10-18)30-22(23)24)27-13-5-6-16(14-27)21(29)26-17-7-3-2-4-8-17/h2-4,7-12,15-16,22H,5-6,13-14H2,1H3,(H,25,28)(H,26,29). The summed E-state index contributed by atoms with van der Waals surface area (Å²) in [5.74, 6) is -0.436. The Balaban J connectivity index is 1.54. The molecular weight excluding hydrogens is 392 g/mol. The second-order valence-electron chi connectivity index (χ2n) is 7.26. The van der Waals surface area contributed by atoms with Gasteiger partial charge in [-0.05, 0) is 62.7 Å². The van der Waals surface area contributed by atoms with Gasteiger partial charge in [0, 0.05) is 17.9 Å². The van der Waals surface area contributed by atoms with Crippen molar-refractivity contribution in [1.29, 1.82) is 0 Å². The van der Waals surface area contributed by atoms with E-state index in [4.69, 9.17) is 0 Å². The molecule has 0 saturated carbocycles. The van der Waals surface area contributed by atoms with Crippen LogP contribution < -0.4 is 15.4 Å². The molecule has 1 aliphatic heterocycles. The van der Waals surface area contributed by atoms with Crippen LogP contribution in [0, 0.1) is 5.92 Å². The quantitative estimate of drug-likeness (QED) is 0.715. The van der Waals surface area contributed by atoms with Crippen molar-refractivity contribution in [2.75, 3.05) is 23.7 Å². The van der Waals surface area contributed by atoms with Gasteiger partial charge >= 0.3 is 6.61 Å². The molecule has 6 nitrogen and oxygen atoms in total. The third kappa shape index (κ3) is 6.00. The van der Waals surface area contributed by atoms with Crippen molar-refractivity contribution in [2.45, 2.75) is 32.4 Å². The van der Waals surface area contributed by atoms with Gasteiger partial charge in [0.05, 0.1) is 12.0 Å². The number of carbonyl (C=O) groups is 2. The highest BCUT2D eigenvalue weighted by molar-refractivity contribution is 5.95. The molecule has 2 aromatic rings. The van der Waals surface area contributed by atoms with Gasteiger partial charge in [-0.1, -0.05) is 18.2 Å². The highest BCUT2D eigenvalue weighted by atomic mass is 19.3. The number of amides is 2. The van der Waals surface area contributed by atoms with Gasteiger partial charge in [0.2, 0.25) is 11.8 Å². The van der Waals surface area contributed by atoms with E-state index in [0.29, 0.717) is 12.2 Å². The lowest BCUT2D eigenvalue weighted by atomic mass is 9.95. The number of para-hydroxylation sites is 1. The number of anilines is 2. The molecule has 2 unspecified atom stereocenters. The lowest BCUT2D eigenvalue weighted by Crippen LogP contribution is -2.49. The van der Waals surface area contributed by atoms with Crippen LogP contribution in [0.5, 0.6) is 5.75 Å². The molecule has 2 amide bonds. The molecule has 1 saturated heterocycles. The molecule has 1 aliphatic rings. The highest BCUT2D eigenvalue weighted by Crippen LogP contribution is 2.22. The predicted molar refractivity (Wildman–Crippen MR) is 111 cm³/mol. The molecule has 2 N–H and O–H groups in total. The highest BCUT2D eigenvalue weighted by Gasteiger charge is 2.31. The number of hydrogen-bond acceptors (Lipinski definition) is 4. The Bertz CT molecular complexity index is 846. The first-order valence-electron chi connectivity index (χ1n) is 9.88. The number of nitrogens with zero attached hydrogens (tertiary/aromatic N) is 1. The monoisotopic (exact) mass is 417 g/mol. The fraction of sp³-hybridized carbons (Fsp3) is 0.364. The van der Waals surface area contributed by atoms with Crippen molar-refractivity contribution in [3.05, 3.63) is 54.6 Å². The van der Waals surface area contributed by atoms with E-state index in [1.807, 2.05) is 35.2 Å². The van der Waals surface area contributed by atoms with Crippen molar-refractivity contribution in [3.63, 3.8) is 0 Å². The SMILES string of the molecule is CC(C(=O)Nc1ccc(OC(F)F)cc1)N1CCCC(C(=O)Nc2ccccc2)C1. The number of benzene rings is 2. The first kappa shape index (κ1) is 21.7. The van der Waals surface area contributed by atoms with Gasteiger partial charge in [0.1, 0.15) is 5.75 Å². The molecule has 0 bridgehead atoms. The van der Waals surface area contributed by atoms with E-state index >= 15 is 0 Å². The molecular formula is C22H25F2N3O3. The largest absolute Gasteiger partial charge is 0.435 e. The predicted octanol–water partition coefficient (Wildman–Crippen LogP) is 3.97. The third-order valence-corrected chi connectivity index (χ3v) is 5.14. The zero-order chi connectivity index (χ0) is 21.5. The Labute approximate surface area is 174 Å². The summed E-state index contributed by atoms with van der Waals surface area (Å²) in [6.07, 6.45) is 1.60. The van der Waals surface area contributed by atoms with Crippen LogP contribution in [0.4, 0.5) is 20.2 Å². The van der Waals surface area contributed by atoms with Crippen LogP contribution in [0.25, 0.3) is 0 Å². The van der Waals surface area contributed by atoms with Crippen molar-refractivity contribution >= 4 is 23.2 Å². The van der Waals surface area contributed by atoms with Gasteiger partial charge in [-0.3, -0.25) is 14.5 Å². The van der Waals surface area contributed by atoms with E-state index in [1.54, 1.807) is 6.92 Å². The molecule has 0 spiro atoms. The summed E-state index contributed by atoms with van der Waals surface area (Å²) in [5.41, 5.74) is 1.24. The summed E-state index contributed by atoms with van der Waals surface area (Å²) in [5, 5.41) is 5.71. The lowest BCUT2D eigenvalue weighted by Gasteiger charge is -2.35. The molecule has 1 heterocycles.